The van der Waals surface area contributed by atoms with Gasteiger partial charge in [0.2, 0.25) is 0 Å². The third-order valence-corrected chi connectivity index (χ3v) is 6.54. The molecule has 0 saturated heterocycles. The van der Waals surface area contributed by atoms with Crippen molar-refractivity contribution in [1.29, 1.82) is 0 Å². The molecule has 2 atom stereocenters. The average molecular weight is 396 g/mol. The molecule has 4 aliphatic carbocycles. The summed E-state index contributed by atoms with van der Waals surface area (Å²) in [7, 11) is 1.38. The SMILES string of the molecule is COC(=O)C12CC3CC(CC(NC(=O)Nc4ccccc4C(F)(F)F)(C3)C1)C2. The lowest BCUT2D eigenvalue weighted by atomic mass is 9.47. The third kappa shape index (κ3) is 3.22. The Morgan fingerprint density at radius 3 is 2.36 bits per heavy atom. The van der Waals surface area contributed by atoms with Gasteiger partial charge in [0.05, 0.1) is 23.8 Å². The summed E-state index contributed by atoms with van der Waals surface area (Å²) in [6.45, 7) is 0. The molecule has 0 aromatic heterocycles. The predicted molar refractivity (Wildman–Crippen MR) is 95.5 cm³/mol. The van der Waals surface area contributed by atoms with Crippen molar-refractivity contribution >= 4 is 17.7 Å². The first-order valence-electron chi connectivity index (χ1n) is 9.49. The Balaban J connectivity index is 1.53. The molecule has 1 aromatic carbocycles. The molecule has 2 N–H and O–H groups in total. The van der Waals surface area contributed by atoms with Crippen molar-refractivity contribution in [3.05, 3.63) is 29.8 Å². The number of anilines is 1. The maximum Gasteiger partial charge on any atom is 0.418 e. The van der Waals surface area contributed by atoms with Gasteiger partial charge in [-0.05, 0) is 62.5 Å². The van der Waals surface area contributed by atoms with E-state index in [1.165, 1.54) is 25.3 Å². The van der Waals surface area contributed by atoms with E-state index in [0.29, 0.717) is 18.3 Å². The van der Waals surface area contributed by atoms with Gasteiger partial charge in [-0.15, -0.1) is 0 Å². The molecule has 0 aliphatic heterocycles. The number of para-hydroxylation sites is 1. The quantitative estimate of drug-likeness (QED) is 0.747. The zero-order valence-electron chi connectivity index (χ0n) is 15.6. The predicted octanol–water partition coefficient (Wildman–Crippen LogP) is 4.34. The van der Waals surface area contributed by atoms with E-state index in [-0.39, 0.29) is 11.7 Å². The molecule has 28 heavy (non-hydrogen) atoms. The van der Waals surface area contributed by atoms with Crippen molar-refractivity contribution in [2.75, 3.05) is 12.4 Å². The van der Waals surface area contributed by atoms with Crippen molar-refractivity contribution in [2.45, 2.75) is 50.2 Å². The second kappa shape index (κ2) is 6.39. The normalized spacial score (nSPS) is 33.4. The van der Waals surface area contributed by atoms with Crippen LogP contribution in [-0.2, 0) is 15.7 Å². The number of carbonyl (C=O) groups excluding carboxylic acids is 2. The van der Waals surface area contributed by atoms with Crippen LogP contribution < -0.4 is 10.6 Å². The summed E-state index contributed by atoms with van der Waals surface area (Å²) in [4.78, 5) is 25.1. The van der Waals surface area contributed by atoms with Crippen molar-refractivity contribution in [3.8, 4) is 0 Å². The van der Waals surface area contributed by atoms with Crippen LogP contribution in [0.5, 0.6) is 0 Å². The minimum atomic E-state index is -4.56. The molecule has 0 radical (unpaired) electrons. The summed E-state index contributed by atoms with van der Waals surface area (Å²) in [5.41, 5.74) is -2.33. The summed E-state index contributed by atoms with van der Waals surface area (Å²) in [5, 5.41) is 5.29. The van der Waals surface area contributed by atoms with E-state index in [4.69, 9.17) is 4.74 Å². The van der Waals surface area contributed by atoms with Gasteiger partial charge in [-0.25, -0.2) is 4.79 Å². The minimum Gasteiger partial charge on any atom is -0.469 e. The van der Waals surface area contributed by atoms with E-state index in [9.17, 15) is 22.8 Å². The number of benzene rings is 1. The number of carbonyl (C=O) groups is 2. The van der Waals surface area contributed by atoms with E-state index < -0.39 is 28.7 Å². The van der Waals surface area contributed by atoms with Crippen molar-refractivity contribution in [2.24, 2.45) is 17.3 Å². The van der Waals surface area contributed by atoms with Gasteiger partial charge in [-0.3, -0.25) is 4.79 Å². The molecule has 5 nitrogen and oxygen atoms in total. The number of hydrogen-bond acceptors (Lipinski definition) is 3. The van der Waals surface area contributed by atoms with E-state index in [1.807, 2.05) is 0 Å². The van der Waals surface area contributed by atoms with E-state index >= 15 is 0 Å². The van der Waals surface area contributed by atoms with Crippen LogP contribution in [0.25, 0.3) is 0 Å². The number of esters is 1. The molecule has 2 amide bonds. The lowest BCUT2D eigenvalue weighted by molar-refractivity contribution is -0.171. The fraction of sp³-hybridized carbons (Fsp3) is 0.600. The van der Waals surface area contributed by atoms with Gasteiger partial charge in [0.15, 0.2) is 0 Å². The molecular weight excluding hydrogens is 373 g/mol. The molecule has 4 fully saturated rings. The smallest absolute Gasteiger partial charge is 0.418 e. The highest BCUT2D eigenvalue weighted by Crippen LogP contribution is 2.62. The van der Waals surface area contributed by atoms with Gasteiger partial charge in [0, 0.05) is 5.54 Å². The van der Waals surface area contributed by atoms with Crippen LogP contribution in [0.2, 0.25) is 0 Å². The maximum absolute atomic E-state index is 13.2. The Morgan fingerprint density at radius 2 is 1.75 bits per heavy atom. The molecule has 0 spiro atoms. The fourth-order valence-corrected chi connectivity index (χ4v) is 6.10. The second-order valence-electron chi connectivity index (χ2n) is 8.64. The van der Waals surface area contributed by atoms with Gasteiger partial charge >= 0.3 is 18.2 Å². The Kier molecular flexibility index (Phi) is 4.35. The summed E-state index contributed by atoms with van der Waals surface area (Å²) in [5.74, 6) is 0.404. The summed E-state index contributed by atoms with van der Waals surface area (Å²) in [6, 6.07) is 4.23. The number of amides is 2. The number of urea groups is 1. The van der Waals surface area contributed by atoms with Gasteiger partial charge in [0.25, 0.3) is 0 Å². The number of halogens is 3. The van der Waals surface area contributed by atoms with Crippen LogP contribution in [0.3, 0.4) is 0 Å². The Morgan fingerprint density at radius 1 is 1.11 bits per heavy atom. The van der Waals surface area contributed by atoms with Crippen LogP contribution in [0.15, 0.2) is 24.3 Å². The third-order valence-electron chi connectivity index (χ3n) is 6.54. The first-order valence-corrected chi connectivity index (χ1v) is 9.49. The monoisotopic (exact) mass is 396 g/mol. The second-order valence-corrected chi connectivity index (χ2v) is 8.64. The maximum atomic E-state index is 13.2. The minimum absolute atomic E-state index is 0.240. The largest absolute Gasteiger partial charge is 0.469 e. The standard InChI is InChI=1S/C20H23F3N2O3/c1-28-16(26)18-7-12-6-13(8-18)10-19(9-12,11-18)25-17(27)24-15-5-3-2-4-14(15)20(21,22)23/h2-5,12-13H,6-11H2,1H3,(H2,24,25,27). The van der Waals surface area contributed by atoms with Crippen LogP contribution in [0.4, 0.5) is 23.7 Å². The molecule has 152 valence electrons. The number of methoxy groups -OCH3 is 1. The van der Waals surface area contributed by atoms with E-state index in [2.05, 4.69) is 10.6 Å². The molecule has 0 heterocycles. The lowest BCUT2D eigenvalue weighted by Crippen LogP contribution is -2.65. The zero-order chi connectivity index (χ0) is 20.2. The van der Waals surface area contributed by atoms with Gasteiger partial charge in [-0.1, -0.05) is 12.1 Å². The molecule has 5 rings (SSSR count). The van der Waals surface area contributed by atoms with Crippen LogP contribution in [-0.4, -0.2) is 24.6 Å². The number of hydrogen-bond donors (Lipinski definition) is 2. The Labute approximate surface area is 161 Å². The fourth-order valence-electron chi connectivity index (χ4n) is 6.10. The van der Waals surface area contributed by atoms with Crippen molar-refractivity contribution in [3.63, 3.8) is 0 Å². The molecule has 4 aliphatic rings. The van der Waals surface area contributed by atoms with Crippen molar-refractivity contribution < 1.29 is 27.5 Å². The average Bonchev–Trinajstić information content (AvgIpc) is 2.58. The van der Waals surface area contributed by atoms with Crippen LogP contribution >= 0.6 is 0 Å². The molecule has 1 aromatic rings. The molecule has 2 unspecified atom stereocenters. The first kappa shape index (κ1) is 19.1. The van der Waals surface area contributed by atoms with E-state index in [0.717, 1.165) is 38.2 Å². The summed E-state index contributed by atoms with van der Waals surface area (Å²) in [6.07, 6.45) is -0.0301. The highest BCUT2D eigenvalue weighted by molar-refractivity contribution is 5.91. The molecular formula is C20H23F3N2O3. The van der Waals surface area contributed by atoms with Gasteiger partial charge in [0.1, 0.15) is 0 Å². The van der Waals surface area contributed by atoms with Gasteiger partial charge < -0.3 is 15.4 Å². The topological polar surface area (TPSA) is 67.4 Å². The highest BCUT2D eigenvalue weighted by Gasteiger charge is 2.61. The highest BCUT2D eigenvalue weighted by atomic mass is 19.4. The van der Waals surface area contributed by atoms with Crippen LogP contribution in [0, 0.1) is 17.3 Å². The number of nitrogens with one attached hydrogen (secondary N) is 2. The molecule has 4 bridgehead atoms. The Hall–Kier alpha value is -2.25. The molecule has 8 heteroatoms. The van der Waals surface area contributed by atoms with Crippen LogP contribution in [0.1, 0.15) is 44.1 Å². The van der Waals surface area contributed by atoms with Crippen molar-refractivity contribution in [1.82, 2.24) is 5.32 Å². The zero-order valence-corrected chi connectivity index (χ0v) is 15.6. The number of rotatable bonds is 3. The number of alkyl halides is 3. The Bertz CT molecular complexity index is 794. The van der Waals surface area contributed by atoms with Gasteiger partial charge in [-0.2, -0.15) is 13.2 Å². The first-order chi connectivity index (χ1) is 13.1. The summed E-state index contributed by atoms with van der Waals surface area (Å²) >= 11 is 0. The van der Waals surface area contributed by atoms with E-state index in [1.54, 1.807) is 0 Å². The number of ether oxygens (including phenoxy) is 1. The lowest BCUT2D eigenvalue weighted by Gasteiger charge is -2.60. The molecule has 4 saturated carbocycles. The summed E-state index contributed by atoms with van der Waals surface area (Å²) < 4.78 is 44.6.